The highest BCUT2D eigenvalue weighted by Gasteiger charge is 2.11. The molecule has 24 heavy (non-hydrogen) atoms. The van der Waals surface area contributed by atoms with Gasteiger partial charge in [-0.2, -0.15) is 0 Å². The molecular formula is C21H25BrN2. The SMILES string of the molecule is CCCCCCCCn1c(-c2ccc(Br)cc2)nc2ccccc21. The molecule has 0 radical (unpaired) electrons. The fourth-order valence-corrected chi connectivity index (χ4v) is 3.44. The van der Waals surface area contributed by atoms with Gasteiger partial charge in [0.2, 0.25) is 0 Å². The molecule has 1 aromatic heterocycles. The normalized spacial score (nSPS) is 11.2. The van der Waals surface area contributed by atoms with E-state index in [0.29, 0.717) is 0 Å². The number of halogens is 1. The first-order valence-electron chi connectivity index (χ1n) is 9.01. The molecule has 0 aliphatic carbocycles. The summed E-state index contributed by atoms with van der Waals surface area (Å²) in [5, 5.41) is 0. The largest absolute Gasteiger partial charge is 0.324 e. The number of unbranched alkanes of at least 4 members (excludes halogenated alkanes) is 5. The van der Waals surface area contributed by atoms with Gasteiger partial charge in [-0.3, -0.25) is 0 Å². The molecule has 2 nitrogen and oxygen atoms in total. The summed E-state index contributed by atoms with van der Waals surface area (Å²) < 4.78 is 3.49. The Labute approximate surface area is 153 Å². The molecule has 0 N–H and O–H groups in total. The Hall–Kier alpha value is -1.61. The lowest BCUT2D eigenvalue weighted by molar-refractivity contribution is 0.566. The number of aromatic nitrogens is 2. The second-order valence-corrected chi connectivity index (χ2v) is 7.27. The van der Waals surface area contributed by atoms with E-state index in [9.17, 15) is 0 Å². The topological polar surface area (TPSA) is 17.8 Å². The minimum atomic E-state index is 1.04. The van der Waals surface area contributed by atoms with E-state index in [1.165, 1.54) is 49.6 Å². The average Bonchev–Trinajstić information content (AvgIpc) is 2.97. The van der Waals surface area contributed by atoms with Gasteiger partial charge < -0.3 is 4.57 Å². The summed E-state index contributed by atoms with van der Waals surface area (Å²) in [6.45, 7) is 3.31. The van der Waals surface area contributed by atoms with Gasteiger partial charge in [0, 0.05) is 16.6 Å². The van der Waals surface area contributed by atoms with Crippen molar-refractivity contribution < 1.29 is 0 Å². The molecule has 2 aromatic carbocycles. The fourth-order valence-electron chi connectivity index (χ4n) is 3.17. The second-order valence-electron chi connectivity index (χ2n) is 6.35. The Bertz CT molecular complexity index is 774. The van der Waals surface area contributed by atoms with E-state index in [0.717, 1.165) is 22.4 Å². The lowest BCUT2D eigenvalue weighted by Crippen LogP contribution is -2.01. The number of nitrogens with zero attached hydrogens (tertiary/aromatic N) is 2. The number of hydrogen-bond donors (Lipinski definition) is 0. The summed E-state index contributed by atoms with van der Waals surface area (Å²) >= 11 is 3.52. The quantitative estimate of drug-likeness (QED) is 0.389. The Kier molecular flexibility index (Phi) is 6.08. The lowest BCUT2D eigenvalue weighted by Gasteiger charge is -2.09. The Morgan fingerprint density at radius 3 is 2.38 bits per heavy atom. The van der Waals surface area contributed by atoms with Crippen LogP contribution < -0.4 is 0 Å². The van der Waals surface area contributed by atoms with Crippen molar-refractivity contribution in [1.82, 2.24) is 9.55 Å². The number of rotatable bonds is 8. The smallest absolute Gasteiger partial charge is 0.141 e. The molecule has 0 unspecified atom stereocenters. The van der Waals surface area contributed by atoms with Gasteiger partial charge >= 0.3 is 0 Å². The third kappa shape index (κ3) is 4.07. The van der Waals surface area contributed by atoms with Gasteiger partial charge in [0.15, 0.2) is 0 Å². The second kappa shape index (κ2) is 8.48. The van der Waals surface area contributed by atoms with Crippen LogP contribution in [-0.2, 0) is 6.54 Å². The highest BCUT2D eigenvalue weighted by atomic mass is 79.9. The first-order chi connectivity index (χ1) is 11.8. The molecule has 0 fully saturated rings. The molecule has 3 rings (SSSR count). The molecule has 0 aliphatic heterocycles. The summed E-state index contributed by atoms with van der Waals surface area (Å²) in [7, 11) is 0. The molecule has 126 valence electrons. The Morgan fingerprint density at radius 2 is 1.58 bits per heavy atom. The lowest BCUT2D eigenvalue weighted by atomic mass is 10.1. The van der Waals surface area contributed by atoms with Crippen molar-refractivity contribution in [3.8, 4) is 11.4 Å². The van der Waals surface area contributed by atoms with Gasteiger partial charge in [-0.15, -0.1) is 0 Å². The first-order valence-corrected chi connectivity index (χ1v) is 9.80. The summed E-state index contributed by atoms with van der Waals surface area (Å²) in [5.74, 6) is 1.08. The predicted octanol–water partition coefficient (Wildman–Crippen LogP) is 6.83. The zero-order chi connectivity index (χ0) is 16.8. The van der Waals surface area contributed by atoms with Crippen molar-refractivity contribution in [2.24, 2.45) is 0 Å². The zero-order valence-corrected chi connectivity index (χ0v) is 15.9. The molecule has 0 saturated carbocycles. The molecule has 0 saturated heterocycles. The Morgan fingerprint density at radius 1 is 0.875 bits per heavy atom. The predicted molar refractivity (Wildman–Crippen MR) is 106 cm³/mol. The van der Waals surface area contributed by atoms with Crippen LogP contribution in [0.5, 0.6) is 0 Å². The number of imidazole rings is 1. The summed E-state index contributed by atoms with van der Waals surface area (Å²) in [4.78, 5) is 4.89. The van der Waals surface area contributed by atoms with Crippen LogP contribution in [0.15, 0.2) is 53.0 Å². The van der Waals surface area contributed by atoms with Gasteiger partial charge in [-0.05, 0) is 30.7 Å². The van der Waals surface area contributed by atoms with Gasteiger partial charge in [0.05, 0.1) is 11.0 Å². The van der Waals surface area contributed by atoms with E-state index >= 15 is 0 Å². The molecular weight excluding hydrogens is 360 g/mol. The fraction of sp³-hybridized carbons (Fsp3) is 0.381. The van der Waals surface area contributed by atoms with Crippen LogP contribution in [0.2, 0.25) is 0 Å². The molecule has 0 atom stereocenters. The van der Waals surface area contributed by atoms with Crippen LogP contribution in [0.1, 0.15) is 45.4 Å². The molecule has 3 aromatic rings. The minimum Gasteiger partial charge on any atom is -0.324 e. The third-order valence-corrected chi connectivity index (χ3v) is 5.02. The highest BCUT2D eigenvalue weighted by molar-refractivity contribution is 9.10. The van der Waals surface area contributed by atoms with Gasteiger partial charge in [0.1, 0.15) is 5.82 Å². The van der Waals surface area contributed by atoms with E-state index in [-0.39, 0.29) is 0 Å². The number of hydrogen-bond acceptors (Lipinski definition) is 1. The van der Waals surface area contributed by atoms with Crippen molar-refractivity contribution in [3.05, 3.63) is 53.0 Å². The van der Waals surface area contributed by atoms with Gasteiger partial charge in [-0.25, -0.2) is 4.98 Å². The molecule has 1 heterocycles. The standard InChI is InChI=1S/C21H25BrN2/c1-2-3-4-5-6-9-16-24-20-11-8-7-10-19(20)23-21(24)17-12-14-18(22)15-13-17/h7-8,10-15H,2-6,9,16H2,1H3. The average molecular weight is 385 g/mol. The van der Waals surface area contributed by atoms with Crippen LogP contribution in [0, 0.1) is 0 Å². The summed E-state index contributed by atoms with van der Waals surface area (Å²) in [6, 6.07) is 16.9. The van der Waals surface area contributed by atoms with Crippen molar-refractivity contribution in [3.63, 3.8) is 0 Å². The van der Waals surface area contributed by atoms with Crippen LogP contribution in [0.25, 0.3) is 22.4 Å². The maximum absolute atomic E-state index is 4.89. The number of para-hydroxylation sites is 2. The minimum absolute atomic E-state index is 1.04. The van der Waals surface area contributed by atoms with Crippen LogP contribution in [-0.4, -0.2) is 9.55 Å². The third-order valence-electron chi connectivity index (χ3n) is 4.49. The number of aryl methyl sites for hydroxylation is 1. The van der Waals surface area contributed by atoms with E-state index < -0.39 is 0 Å². The molecule has 0 amide bonds. The van der Waals surface area contributed by atoms with Crippen LogP contribution in [0.4, 0.5) is 0 Å². The van der Waals surface area contributed by atoms with Gasteiger partial charge in [-0.1, -0.05) is 79.2 Å². The number of benzene rings is 2. The van der Waals surface area contributed by atoms with Crippen molar-refractivity contribution >= 4 is 27.0 Å². The first kappa shape index (κ1) is 17.2. The molecule has 0 spiro atoms. The Balaban J connectivity index is 1.81. The van der Waals surface area contributed by atoms with Crippen molar-refractivity contribution in [2.45, 2.75) is 52.0 Å². The van der Waals surface area contributed by atoms with E-state index in [2.05, 4.69) is 76.0 Å². The number of fused-ring (bicyclic) bond motifs is 1. The highest BCUT2D eigenvalue weighted by Crippen LogP contribution is 2.26. The van der Waals surface area contributed by atoms with E-state index in [1.54, 1.807) is 0 Å². The zero-order valence-electron chi connectivity index (χ0n) is 14.3. The van der Waals surface area contributed by atoms with E-state index in [1.807, 2.05) is 0 Å². The van der Waals surface area contributed by atoms with E-state index in [4.69, 9.17) is 4.98 Å². The van der Waals surface area contributed by atoms with Crippen LogP contribution in [0.3, 0.4) is 0 Å². The molecule has 0 bridgehead atoms. The van der Waals surface area contributed by atoms with Crippen molar-refractivity contribution in [1.29, 1.82) is 0 Å². The summed E-state index contributed by atoms with van der Waals surface area (Å²) in [6.07, 6.45) is 7.88. The maximum atomic E-state index is 4.89. The van der Waals surface area contributed by atoms with Gasteiger partial charge in [0.25, 0.3) is 0 Å². The summed E-state index contributed by atoms with van der Waals surface area (Å²) in [5.41, 5.74) is 3.51. The molecule has 0 aliphatic rings. The molecule has 3 heteroatoms. The van der Waals surface area contributed by atoms with Crippen molar-refractivity contribution in [2.75, 3.05) is 0 Å². The van der Waals surface area contributed by atoms with Crippen LogP contribution >= 0.6 is 15.9 Å². The monoisotopic (exact) mass is 384 g/mol. The maximum Gasteiger partial charge on any atom is 0.141 e.